The zero-order valence-corrected chi connectivity index (χ0v) is 22.3. The highest BCUT2D eigenvalue weighted by Gasteiger charge is 2.59. The molecule has 1 aromatic carbocycles. The summed E-state index contributed by atoms with van der Waals surface area (Å²) in [6, 6.07) is 5.22. The van der Waals surface area contributed by atoms with E-state index in [0.717, 1.165) is 24.8 Å². The zero-order chi connectivity index (χ0) is 27.7. The Kier molecular flexibility index (Phi) is 5.42. The van der Waals surface area contributed by atoms with Gasteiger partial charge in [0, 0.05) is 12.6 Å². The number of aromatic nitrogens is 5. The largest absolute Gasteiger partial charge is 0.489 e. The maximum absolute atomic E-state index is 13.4. The number of hydrogen-bond donors (Lipinski definition) is 1. The number of imidazole rings is 1. The number of anilines is 1. The molecule has 0 atom stereocenters. The summed E-state index contributed by atoms with van der Waals surface area (Å²) < 4.78 is 19.1. The number of hydrogen-bond acceptors (Lipinski definition) is 9. The number of rotatable bonds is 6. The fourth-order valence-corrected chi connectivity index (χ4v) is 5.45. The first kappa shape index (κ1) is 24.8. The number of carbonyl (C=O) groups is 2. The van der Waals surface area contributed by atoms with Crippen molar-refractivity contribution < 1.29 is 23.6 Å². The van der Waals surface area contributed by atoms with E-state index in [1.54, 1.807) is 25.2 Å². The predicted octanol–water partition coefficient (Wildman–Crippen LogP) is 3.51. The van der Waals surface area contributed by atoms with Gasteiger partial charge in [0.05, 0.1) is 29.9 Å². The molecule has 12 heteroatoms. The lowest BCUT2D eigenvalue weighted by Gasteiger charge is -2.62. The van der Waals surface area contributed by atoms with E-state index in [0.29, 0.717) is 28.5 Å². The summed E-state index contributed by atoms with van der Waals surface area (Å²) in [5, 5.41) is 6.19. The number of methoxy groups -OCH3 is 1. The third kappa shape index (κ3) is 3.98. The molecule has 2 bridgehead atoms. The van der Waals surface area contributed by atoms with Gasteiger partial charge < -0.3 is 23.9 Å². The molecule has 0 radical (unpaired) electrons. The maximum Gasteiger partial charge on any atom is 0.338 e. The third-order valence-corrected chi connectivity index (χ3v) is 7.33. The van der Waals surface area contributed by atoms with Gasteiger partial charge in [-0.25, -0.2) is 14.8 Å². The molecule has 3 fully saturated rings. The summed E-state index contributed by atoms with van der Waals surface area (Å²) in [6.45, 7) is 5.46. The van der Waals surface area contributed by atoms with Crippen molar-refractivity contribution in [2.75, 3.05) is 12.4 Å². The van der Waals surface area contributed by atoms with Crippen molar-refractivity contribution in [3.05, 3.63) is 52.3 Å². The van der Waals surface area contributed by atoms with E-state index in [1.165, 1.54) is 24.1 Å². The van der Waals surface area contributed by atoms with Crippen LogP contribution in [0.4, 0.5) is 5.69 Å². The Morgan fingerprint density at radius 2 is 1.90 bits per heavy atom. The molecule has 3 aromatic heterocycles. The van der Waals surface area contributed by atoms with Crippen LogP contribution in [0.15, 0.2) is 40.0 Å². The lowest BCUT2D eigenvalue weighted by molar-refractivity contribution is -0.0847. The van der Waals surface area contributed by atoms with E-state index in [2.05, 4.69) is 20.0 Å². The summed E-state index contributed by atoms with van der Waals surface area (Å²) >= 11 is 0. The van der Waals surface area contributed by atoms with Crippen LogP contribution in [0.2, 0.25) is 0 Å². The zero-order valence-electron chi connectivity index (χ0n) is 22.3. The molecule has 3 aliphatic rings. The number of esters is 1. The summed E-state index contributed by atoms with van der Waals surface area (Å²) in [7, 11) is 2.87. The Hall–Kier alpha value is -4.48. The lowest BCUT2D eigenvalue weighted by atomic mass is 9.49. The first-order valence-corrected chi connectivity index (χ1v) is 12.6. The molecule has 39 heavy (non-hydrogen) atoms. The van der Waals surface area contributed by atoms with Crippen LogP contribution >= 0.6 is 0 Å². The maximum atomic E-state index is 13.4. The highest BCUT2D eigenvalue weighted by molar-refractivity contribution is 6.04. The predicted molar refractivity (Wildman–Crippen MR) is 140 cm³/mol. The molecule has 1 N–H and O–H groups in total. The van der Waals surface area contributed by atoms with Gasteiger partial charge in [-0.05, 0) is 64.2 Å². The Morgan fingerprint density at radius 1 is 1.15 bits per heavy atom. The Balaban J connectivity index is 1.53. The number of nitrogens with one attached hydrogen (secondary N) is 1. The molecular formula is C27H28N6O6. The van der Waals surface area contributed by atoms with Crippen molar-refractivity contribution in [1.29, 1.82) is 0 Å². The molecule has 3 saturated carbocycles. The molecule has 1 amide bonds. The smallest absolute Gasteiger partial charge is 0.338 e. The minimum absolute atomic E-state index is 0.191. The van der Waals surface area contributed by atoms with Gasteiger partial charge in [0.2, 0.25) is 5.75 Å². The van der Waals surface area contributed by atoms with E-state index in [4.69, 9.17) is 19.0 Å². The topological polar surface area (TPSA) is 143 Å². The Morgan fingerprint density at radius 3 is 2.49 bits per heavy atom. The van der Waals surface area contributed by atoms with E-state index in [-0.39, 0.29) is 22.8 Å². The van der Waals surface area contributed by atoms with Gasteiger partial charge in [0.15, 0.2) is 17.3 Å². The first-order chi connectivity index (χ1) is 18.5. The molecule has 0 unspecified atom stereocenters. The van der Waals surface area contributed by atoms with Crippen molar-refractivity contribution in [3.8, 4) is 17.4 Å². The molecule has 0 aliphatic heterocycles. The number of ether oxygens (including phenoxy) is 2. The summed E-state index contributed by atoms with van der Waals surface area (Å²) in [5.41, 5.74) is 0.536. The fourth-order valence-electron chi connectivity index (χ4n) is 5.45. The quantitative estimate of drug-likeness (QED) is 0.369. The molecular weight excluding hydrogens is 504 g/mol. The molecule has 3 aliphatic carbocycles. The van der Waals surface area contributed by atoms with Gasteiger partial charge in [-0.2, -0.15) is 0 Å². The van der Waals surface area contributed by atoms with E-state index in [9.17, 15) is 14.4 Å². The second-order valence-electron chi connectivity index (χ2n) is 11.2. The van der Waals surface area contributed by atoms with Crippen LogP contribution in [-0.4, -0.2) is 48.8 Å². The number of fused-ring (bicyclic) bond motifs is 1. The van der Waals surface area contributed by atoms with Gasteiger partial charge in [0.1, 0.15) is 17.6 Å². The molecule has 4 aromatic rings. The van der Waals surface area contributed by atoms with Gasteiger partial charge in [-0.15, -0.1) is 0 Å². The van der Waals surface area contributed by atoms with Gasteiger partial charge in [0.25, 0.3) is 11.5 Å². The molecule has 7 rings (SSSR count). The Labute approximate surface area is 222 Å². The summed E-state index contributed by atoms with van der Waals surface area (Å²) in [4.78, 5) is 48.8. The highest BCUT2D eigenvalue weighted by atomic mass is 16.6. The first-order valence-electron chi connectivity index (χ1n) is 12.6. The van der Waals surface area contributed by atoms with Crippen LogP contribution < -0.4 is 15.6 Å². The SMILES string of the molecule is COc1c(C(=O)Nc2cnoc2)nc(-c2nc3ccc(C(=O)OC(C)(C)C)cc3n2C23CC(C2)C3)n(C)c1=O. The molecule has 0 saturated heterocycles. The Bertz CT molecular complexity index is 1680. The van der Waals surface area contributed by atoms with Crippen LogP contribution in [0.25, 0.3) is 22.7 Å². The van der Waals surface area contributed by atoms with E-state index < -0.39 is 23.0 Å². The lowest BCUT2D eigenvalue weighted by Crippen LogP contribution is -2.59. The molecule has 12 nitrogen and oxygen atoms in total. The number of nitrogens with zero attached hydrogens (tertiary/aromatic N) is 5. The second-order valence-corrected chi connectivity index (χ2v) is 11.2. The monoisotopic (exact) mass is 532 g/mol. The van der Waals surface area contributed by atoms with Crippen LogP contribution in [0, 0.1) is 5.92 Å². The average Bonchev–Trinajstić information content (AvgIpc) is 3.45. The van der Waals surface area contributed by atoms with Crippen LogP contribution in [-0.2, 0) is 17.3 Å². The third-order valence-electron chi connectivity index (χ3n) is 7.33. The molecule has 0 spiro atoms. The van der Waals surface area contributed by atoms with Crippen LogP contribution in [0.5, 0.6) is 5.75 Å². The van der Waals surface area contributed by atoms with Crippen LogP contribution in [0.1, 0.15) is 60.9 Å². The van der Waals surface area contributed by atoms with Crippen molar-refractivity contribution in [2.24, 2.45) is 13.0 Å². The fraction of sp³-hybridized carbons (Fsp3) is 0.407. The van der Waals surface area contributed by atoms with Gasteiger partial charge >= 0.3 is 5.97 Å². The van der Waals surface area contributed by atoms with Crippen molar-refractivity contribution >= 4 is 28.6 Å². The van der Waals surface area contributed by atoms with Gasteiger partial charge in [-0.1, -0.05) is 5.16 Å². The normalized spacial score (nSPS) is 19.8. The molecule has 3 heterocycles. The highest BCUT2D eigenvalue weighted by Crippen LogP contribution is 2.63. The van der Waals surface area contributed by atoms with E-state index in [1.807, 2.05) is 20.8 Å². The van der Waals surface area contributed by atoms with Crippen molar-refractivity contribution in [2.45, 2.75) is 51.2 Å². The number of benzene rings is 1. The average molecular weight is 533 g/mol. The minimum Gasteiger partial charge on any atom is -0.489 e. The minimum atomic E-state index is -0.658. The number of amides is 1. The van der Waals surface area contributed by atoms with Crippen molar-refractivity contribution in [1.82, 2.24) is 24.3 Å². The van der Waals surface area contributed by atoms with Crippen LogP contribution in [0.3, 0.4) is 0 Å². The van der Waals surface area contributed by atoms with Crippen molar-refractivity contribution in [3.63, 3.8) is 0 Å². The summed E-state index contributed by atoms with van der Waals surface area (Å²) in [6.07, 6.45) is 5.49. The van der Waals surface area contributed by atoms with E-state index >= 15 is 0 Å². The number of carbonyl (C=O) groups excluding carboxylic acids is 2. The second kappa shape index (κ2) is 8.52. The summed E-state index contributed by atoms with van der Waals surface area (Å²) in [5.74, 6) is -0.00684. The molecule has 202 valence electrons. The standard InChI is InChI=1S/C27H28N6O6/c1-26(2,3)39-25(36)15-6-7-17-18(8-15)33(27-9-14(10-27)11-27)22(30-17)21-31-19(20(37-5)24(35)32(21)4)23(34)29-16-12-28-38-13-16/h6-8,12-14H,9-11H2,1-5H3,(H,29,34). The van der Waals surface area contributed by atoms with Gasteiger partial charge in [-0.3, -0.25) is 14.2 Å².